The van der Waals surface area contributed by atoms with Crippen LogP contribution in [0.1, 0.15) is 36.8 Å². The molecule has 4 heterocycles. The molecular weight excluding hydrogens is 384 g/mol. The van der Waals surface area contributed by atoms with Crippen molar-refractivity contribution >= 4 is 16.3 Å². The first-order valence-electron chi connectivity index (χ1n) is 10.1. The Labute approximate surface area is 173 Å². The molecule has 3 atom stereocenters. The number of benzene rings is 1. The quantitative estimate of drug-likeness (QED) is 0.542. The number of piperidine rings is 1. The fourth-order valence-electron chi connectivity index (χ4n) is 4.73. The molecule has 0 aliphatic carbocycles. The molecule has 1 aliphatic heterocycles. The molecule has 7 heteroatoms. The van der Waals surface area contributed by atoms with E-state index >= 15 is 0 Å². The fraction of sp³-hybridized carbons (Fsp3) is 0.364. The Kier molecular flexibility index (Phi) is 4.64. The number of furan rings is 1. The summed E-state index contributed by atoms with van der Waals surface area (Å²) in [6.45, 7) is 6.84. The van der Waals surface area contributed by atoms with Gasteiger partial charge >= 0.3 is 0 Å². The van der Waals surface area contributed by atoms with Crippen molar-refractivity contribution in [2.75, 3.05) is 13.1 Å². The molecule has 1 fully saturated rings. The van der Waals surface area contributed by atoms with Gasteiger partial charge in [-0.05, 0) is 18.6 Å². The Balaban J connectivity index is 1.59. The van der Waals surface area contributed by atoms with Crippen LogP contribution < -0.4 is 4.90 Å². The first-order valence-corrected chi connectivity index (χ1v) is 10.9. The van der Waals surface area contributed by atoms with Gasteiger partial charge in [0.1, 0.15) is 4.88 Å². The lowest BCUT2D eigenvalue weighted by Gasteiger charge is -2.36. The number of nitrogens with one attached hydrogen (secondary N) is 1. The molecule has 1 aromatic carbocycles. The van der Waals surface area contributed by atoms with Crippen LogP contribution in [0.25, 0.3) is 16.5 Å². The van der Waals surface area contributed by atoms with Gasteiger partial charge in [0.25, 0.3) is 0 Å². The van der Waals surface area contributed by atoms with Crippen LogP contribution in [-0.2, 0) is 0 Å². The average molecular weight is 410 g/mol. The molecule has 0 radical (unpaired) electrons. The van der Waals surface area contributed by atoms with Gasteiger partial charge in [-0.15, -0.1) is 5.10 Å². The molecule has 6 nitrogen and oxygen atoms in total. The van der Waals surface area contributed by atoms with E-state index in [0.717, 1.165) is 18.0 Å². The lowest BCUT2D eigenvalue weighted by molar-refractivity contribution is -0.936. The molecule has 0 unspecified atom stereocenters. The number of hydrogen-bond donors (Lipinski definition) is 2. The summed E-state index contributed by atoms with van der Waals surface area (Å²) in [6.07, 6.45) is 2.86. The number of fused-ring (bicyclic) bond motifs is 1. The predicted octanol–water partition coefficient (Wildman–Crippen LogP) is 3.41. The maximum absolute atomic E-state index is 11.1. The molecule has 0 bridgehead atoms. The monoisotopic (exact) mass is 409 g/mol. The van der Waals surface area contributed by atoms with Crippen LogP contribution in [0.4, 0.5) is 0 Å². The molecule has 3 aromatic heterocycles. The van der Waals surface area contributed by atoms with E-state index in [1.54, 1.807) is 10.8 Å². The zero-order valence-corrected chi connectivity index (χ0v) is 17.4. The Morgan fingerprint density at radius 3 is 2.55 bits per heavy atom. The van der Waals surface area contributed by atoms with Crippen molar-refractivity contribution in [3.8, 4) is 17.5 Å². The number of aromatic nitrogens is 3. The van der Waals surface area contributed by atoms with Crippen molar-refractivity contribution in [2.24, 2.45) is 11.8 Å². The van der Waals surface area contributed by atoms with Crippen LogP contribution >= 0.6 is 11.3 Å². The molecular formula is C22H25N4O2S+. The number of hydrogen-bond acceptors (Lipinski definition) is 5. The standard InChI is InChI=1S/C22H24N4O2S/c1-14-11-15(2)13-25(12-14)18(16-7-4-3-5-8-16)19-21(27)26-22(29-19)23-20(24-26)17-9-6-10-28-17/h3-10,14-15,18,27H,11-13H2,1-2H3/p+1/t14-,15-,18-/m0/s1. The second-order valence-corrected chi connectivity index (χ2v) is 9.26. The third-order valence-electron chi connectivity index (χ3n) is 5.77. The highest BCUT2D eigenvalue weighted by atomic mass is 32.1. The molecule has 5 rings (SSSR count). The second-order valence-electron chi connectivity index (χ2n) is 8.25. The van der Waals surface area contributed by atoms with Gasteiger partial charge in [-0.3, -0.25) is 0 Å². The van der Waals surface area contributed by atoms with E-state index in [0.29, 0.717) is 28.4 Å². The second kappa shape index (κ2) is 7.31. The summed E-state index contributed by atoms with van der Waals surface area (Å²) in [6, 6.07) is 14.2. The number of thiazole rings is 1. The minimum Gasteiger partial charge on any atom is -0.492 e. The molecule has 0 saturated carbocycles. The molecule has 0 spiro atoms. The summed E-state index contributed by atoms with van der Waals surface area (Å²) in [4.78, 5) is 7.70. The molecule has 4 aromatic rings. The highest BCUT2D eigenvalue weighted by Crippen LogP contribution is 2.36. The van der Waals surface area contributed by atoms with Crippen molar-refractivity contribution in [3.05, 3.63) is 59.2 Å². The molecule has 1 aliphatic rings. The zero-order chi connectivity index (χ0) is 20.0. The summed E-state index contributed by atoms with van der Waals surface area (Å²) >= 11 is 1.52. The van der Waals surface area contributed by atoms with Crippen molar-refractivity contribution in [2.45, 2.75) is 26.3 Å². The average Bonchev–Trinajstić information content (AvgIpc) is 3.41. The van der Waals surface area contributed by atoms with Gasteiger partial charge in [-0.1, -0.05) is 55.5 Å². The molecule has 1 saturated heterocycles. The Hall–Kier alpha value is -2.64. The van der Waals surface area contributed by atoms with Gasteiger partial charge in [-0.2, -0.15) is 9.50 Å². The summed E-state index contributed by atoms with van der Waals surface area (Å²) in [5.41, 5.74) is 1.22. The number of likely N-dealkylation sites (tertiary alicyclic amines) is 1. The van der Waals surface area contributed by atoms with E-state index in [2.05, 4.69) is 48.2 Å². The van der Waals surface area contributed by atoms with E-state index in [4.69, 9.17) is 4.42 Å². The van der Waals surface area contributed by atoms with Crippen molar-refractivity contribution in [1.82, 2.24) is 14.6 Å². The van der Waals surface area contributed by atoms with Gasteiger partial charge in [0.2, 0.25) is 16.7 Å². The summed E-state index contributed by atoms with van der Waals surface area (Å²) in [7, 11) is 0. The number of aromatic hydroxyl groups is 1. The van der Waals surface area contributed by atoms with Crippen LogP contribution in [0, 0.1) is 11.8 Å². The topological polar surface area (TPSA) is 68.0 Å². The Bertz CT molecular complexity index is 1090. The third-order valence-corrected chi connectivity index (χ3v) is 6.86. The third kappa shape index (κ3) is 3.34. The van der Waals surface area contributed by atoms with Crippen molar-refractivity contribution in [3.63, 3.8) is 0 Å². The van der Waals surface area contributed by atoms with E-state index in [9.17, 15) is 5.11 Å². The first kappa shape index (κ1) is 18.4. The van der Waals surface area contributed by atoms with Gasteiger partial charge < -0.3 is 14.4 Å². The number of quaternary nitrogens is 1. The molecule has 150 valence electrons. The zero-order valence-electron chi connectivity index (χ0n) is 16.6. The van der Waals surface area contributed by atoms with Crippen molar-refractivity contribution in [1.29, 1.82) is 0 Å². The van der Waals surface area contributed by atoms with Crippen LogP contribution in [0.5, 0.6) is 5.88 Å². The molecule has 0 amide bonds. The van der Waals surface area contributed by atoms with Gasteiger partial charge in [-0.25, -0.2) is 0 Å². The maximum atomic E-state index is 11.1. The van der Waals surface area contributed by atoms with E-state index < -0.39 is 0 Å². The van der Waals surface area contributed by atoms with Crippen molar-refractivity contribution < 1.29 is 14.4 Å². The Morgan fingerprint density at radius 1 is 1.14 bits per heavy atom. The highest BCUT2D eigenvalue weighted by Gasteiger charge is 2.37. The normalized spacial score (nSPS) is 23.4. The Morgan fingerprint density at radius 2 is 1.90 bits per heavy atom. The van der Waals surface area contributed by atoms with Crippen LogP contribution in [0.3, 0.4) is 0 Å². The SMILES string of the molecule is C[C@H]1C[C@H](C)C[NH+]([C@@H](c2ccccc2)c2sc3nc(-c4ccco4)nn3c2O)C1. The van der Waals surface area contributed by atoms with Gasteiger partial charge in [0.05, 0.1) is 19.4 Å². The number of nitrogens with zero attached hydrogens (tertiary/aromatic N) is 3. The van der Waals surface area contributed by atoms with Crippen LogP contribution in [0.2, 0.25) is 0 Å². The first-order chi connectivity index (χ1) is 14.1. The minimum absolute atomic E-state index is 0.0713. The van der Waals surface area contributed by atoms with E-state index in [1.807, 2.05) is 18.2 Å². The van der Waals surface area contributed by atoms with Crippen LogP contribution in [0.15, 0.2) is 53.1 Å². The molecule has 2 N–H and O–H groups in total. The van der Waals surface area contributed by atoms with Crippen LogP contribution in [-0.4, -0.2) is 32.8 Å². The number of rotatable bonds is 4. The largest absolute Gasteiger partial charge is 0.492 e. The lowest BCUT2D eigenvalue weighted by atomic mass is 9.89. The van der Waals surface area contributed by atoms with Gasteiger partial charge in [0, 0.05) is 17.4 Å². The maximum Gasteiger partial charge on any atom is 0.235 e. The molecule has 29 heavy (non-hydrogen) atoms. The smallest absolute Gasteiger partial charge is 0.235 e. The summed E-state index contributed by atoms with van der Waals surface area (Å²) in [5.74, 6) is 2.60. The lowest BCUT2D eigenvalue weighted by Crippen LogP contribution is -3.14. The van der Waals surface area contributed by atoms with Gasteiger partial charge in [0.15, 0.2) is 11.8 Å². The van der Waals surface area contributed by atoms with E-state index in [1.165, 1.54) is 28.2 Å². The fourth-order valence-corrected chi connectivity index (χ4v) is 5.88. The summed E-state index contributed by atoms with van der Waals surface area (Å²) in [5, 5.41) is 15.6. The summed E-state index contributed by atoms with van der Waals surface area (Å²) < 4.78 is 6.95. The highest BCUT2D eigenvalue weighted by molar-refractivity contribution is 7.17. The van der Waals surface area contributed by atoms with E-state index in [-0.39, 0.29) is 11.9 Å². The predicted molar refractivity (Wildman–Crippen MR) is 112 cm³/mol. The minimum atomic E-state index is 0.0713.